The molecule has 1 aliphatic heterocycles. The molecule has 256 valence electrons. The lowest BCUT2D eigenvalue weighted by molar-refractivity contribution is -0.0523. The first-order valence-corrected chi connectivity index (χ1v) is 19.2. The molecule has 1 saturated heterocycles. The minimum Gasteiger partial charge on any atom is -0.415 e. The molecule has 1 fully saturated rings. The first-order valence-electron chi connectivity index (χ1n) is 15.7. The van der Waals surface area contributed by atoms with E-state index >= 15 is 0 Å². The fourth-order valence-electron chi connectivity index (χ4n) is 6.81. The molecule has 50 heavy (non-hydrogen) atoms. The van der Waals surface area contributed by atoms with Crippen molar-refractivity contribution in [2.75, 3.05) is 19.5 Å². The second-order valence-electron chi connectivity index (χ2n) is 12.2. The highest BCUT2D eigenvalue weighted by molar-refractivity contribution is 7.92. The van der Waals surface area contributed by atoms with E-state index in [1.807, 2.05) is 91.0 Å². The van der Waals surface area contributed by atoms with Crippen LogP contribution < -0.4 is 4.74 Å². The van der Waals surface area contributed by atoms with Crippen molar-refractivity contribution < 1.29 is 35.1 Å². The largest absolute Gasteiger partial charge is 0.415 e. The third kappa shape index (κ3) is 5.57. The Morgan fingerprint density at radius 2 is 1.30 bits per heavy atom. The molecule has 8 nitrogen and oxygen atoms in total. The van der Waals surface area contributed by atoms with Crippen molar-refractivity contribution in [3.05, 3.63) is 144 Å². The van der Waals surface area contributed by atoms with E-state index in [9.17, 15) is 25.6 Å². The molecule has 1 aliphatic rings. The van der Waals surface area contributed by atoms with Gasteiger partial charge < -0.3 is 9.47 Å². The van der Waals surface area contributed by atoms with Gasteiger partial charge in [0.05, 0.1) is 33.9 Å². The molecule has 0 bridgehead atoms. The van der Waals surface area contributed by atoms with Crippen LogP contribution in [0, 0.1) is 6.92 Å². The number of benzene rings is 5. The fourth-order valence-corrected chi connectivity index (χ4v) is 9.44. The summed E-state index contributed by atoms with van der Waals surface area (Å²) in [6, 6.07) is 35.9. The van der Waals surface area contributed by atoms with Gasteiger partial charge in [0.25, 0.3) is 0 Å². The van der Waals surface area contributed by atoms with Crippen LogP contribution in [0.2, 0.25) is 0 Å². The molecular formula is C38H32F2N2O6S2. The molecule has 0 radical (unpaired) electrons. The van der Waals surface area contributed by atoms with Crippen LogP contribution in [0.4, 0.5) is 8.78 Å². The zero-order chi connectivity index (χ0) is 35.3. The van der Waals surface area contributed by atoms with E-state index in [0.29, 0.717) is 16.6 Å². The van der Waals surface area contributed by atoms with Crippen LogP contribution in [-0.2, 0) is 30.0 Å². The predicted molar refractivity (Wildman–Crippen MR) is 186 cm³/mol. The SMILES string of the molecule is Cc1cc(-c2c(S(=O)(=O)C3COC3)ccc3c2c(OC(F)F)nn3C(c2ccccc2)(c2ccccc2)c2ccccc2)ccc1S(C)(=O)=O. The summed E-state index contributed by atoms with van der Waals surface area (Å²) < 4.78 is 94.2. The summed E-state index contributed by atoms with van der Waals surface area (Å²) in [6.45, 7) is -1.75. The Balaban J connectivity index is 1.67. The number of fused-ring (bicyclic) bond motifs is 1. The number of halogens is 2. The van der Waals surface area contributed by atoms with Crippen LogP contribution in [0.3, 0.4) is 0 Å². The van der Waals surface area contributed by atoms with E-state index < -0.39 is 43.0 Å². The van der Waals surface area contributed by atoms with Crippen molar-refractivity contribution in [1.29, 1.82) is 0 Å². The third-order valence-corrected chi connectivity index (χ3v) is 12.4. The number of sulfone groups is 2. The molecule has 5 aromatic carbocycles. The van der Waals surface area contributed by atoms with Crippen LogP contribution in [0.1, 0.15) is 22.3 Å². The molecule has 0 N–H and O–H groups in total. The number of aromatic nitrogens is 2. The lowest BCUT2D eigenvalue weighted by Gasteiger charge is -2.37. The number of hydrogen-bond donors (Lipinski definition) is 0. The zero-order valence-electron chi connectivity index (χ0n) is 27.0. The van der Waals surface area contributed by atoms with Crippen molar-refractivity contribution in [3.8, 4) is 17.0 Å². The first-order chi connectivity index (χ1) is 23.9. The van der Waals surface area contributed by atoms with Gasteiger partial charge in [-0.05, 0) is 52.9 Å². The maximum absolute atomic E-state index is 14.4. The minimum atomic E-state index is -4.08. The minimum absolute atomic E-state index is 0.0232. The van der Waals surface area contributed by atoms with Gasteiger partial charge in [0, 0.05) is 11.8 Å². The molecule has 0 aliphatic carbocycles. The van der Waals surface area contributed by atoms with Gasteiger partial charge in [-0.2, -0.15) is 8.78 Å². The van der Waals surface area contributed by atoms with Crippen LogP contribution in [0.15, 0.2) is 131 Å². The topological polar surface area (TPSA) is 105 Å². The number of ether oxygens (including phenoxy) is 2. The summed E-state index contributed by atoms with van der Waals surface area (Å²) in [5.41, 5.74) is 2.02. The third-order valence-electron chi connectivity index (χ3n) is 9.09. The van der Waals surface area contributed by atoms with Crippen LogP contribution in [-0.4, -0.2) is 57.9 Å². The number of alkyl halides is 2. The predicted octanol–water partition coefficient (Wildman–Crippen LogP) is 7.03. The summed E-state index contributed by atoms with van der Waals surface area (Å²) in [6.07, 6.45) is 1.08. The highest BCUT2D eigenvalue weighted by atomic mass is 32.2. The van der Waals surface area contributed by atoms with Crippen molar-refractivity contribution >= 4 is 30.6 Å². The zero-order valence-corrected chi connectivity index (χ0v) is 28.7. The Labute approximate surface area is 288 Å². The first kappa shape index (κ1) is 33.6. The van der Waals surface area contributed by atoms with E-state index in [0.717, 1.165) is 22.9 Å². The highest BCUT2D eigenvalue weighted by Gasteiger charge is 2.43. The van der Waals surface area contributed by atoms with Gasteiger partial charge in [0.1, 0.15) is 10.8 Å². The summed E-state index contributed by atoms with van der Waals surface area (Å²) in [5, 5.41) is 3.97. The smallest absolute Gasteiger partial charge is 0.388 e. The summed E-state index contributed by atoms with van der Waals surface area (Å²) in [7, 11) is -7.70. The van der Waals surface area contributed by atoms with E-state index in [4.69, 9.17) is 14.6 Å². The molecule has 0 spiro atoms. The highest BCUT2D eigenvalue weighted by Crippen LogP contribution is 2.48. The van der Waals surface area contributed by atoms with Gasteiger partial charge in [-0.3, -0.25) is 0 Å². The fraction of sp³-hybridized carbons (Fsp3) is 0.184. The Kier molecular flexibility index (Phi) is 8.57. The van der Waals surface area contributed by atoms with Gasteiger partial charge in [0.2, 0.25) is 5.88 Å². The molecule has 7 rings (SSSR count). The Morgan fingerprint density at radius 1 is 0.780 bits per heavy atom. The maximum atomic E-state index is 14.4. The summed E-state index contributed by atoms with van der Waals surface area (Å²) in [5.74, 6) is -0.482. The van der Waals surface area contributed by atoms with Crippen LogP contribution in [0.25, 0.3) is 22.0 Å². The van der Waals surface area contributed by atoms with E-state index in [1.165, 1.54) is 18.2 Å². The Hall–Kier alpha value is -4.91. The average Bonchev–Trinajstić information content (AvgIpc) is 3.42. The molecule has 0 amide bonds. The lowest BCUT2D eigenvalue weighted by atomic mass is 9.77. The van der Waals surface area contributed by atoms with Crippen molar-refractivity contribution in [2.45, 2.75) is 34.1 Å². The molecule has 1 aromatic heterocycles. The molecule has 6 aromatic rings. The average molecular weight is 715 g/mol. The molecule has 0 saturated carbocycles. The van der Waals surface area contributed by atoms with Gasteiger partial charge in [-0.1, -0.05) is 103 Å². The molecule has 0 atom stereocenters. The second-order valence-corrected chi connectivity index (χ2v) is 16.4. The Bertz CT molecular complexity index is 2320. The number of nitrogens with zero attached hydrogens (tertiary/aromatic N) is 2. The lowest BCUT2D eigenvalue weighted by Crippen LogP contribution is -2.40. The summed E-state index contributed by atoms with van der Waals surface area (Å²) in [4.78, 5) is -0.0746. The van der Waals surface area contributed by atoms with Gasteiger partial charge in [-0.15, -0.1) is 5.10 Å². The maximum Gasteiger partial charge on any atom is 0.388 e. The molecule has 12 heteroatoms. The van der Waals surface area contributed by atoms with E-state index in [2.05, 4.69) is 0 Å². The number of hydrogen-bond acceptors (Lipinski definition) is 7. The standard InChI is InChI=1S/C38H32F2N2O6S2/c1-25-22-26(18-20-32(25)49(2,43)44)34-33(50(45,46)30-23-47-24-30)21-19-31-35(34)36(48-37(39)40)41-42(31)38(27-12-6-3-7-13-27,28-14-8-4-9-15-28)29-16-10-5-11-17-29/h3-22,30,37H,23-24H2,1-2H3. The van der Waals surface area contributed by atoms with Crippen LogP contribution >= 0.6 is 0 Å². The number of aryl methyl sites for hydroxylation is 1. The van der Waals surface area contributed by atoms with Crippen molar-refractivity contribution in [3.63, 3.8) is 0 Å². The van der Waals surface area contributed by atoms with Gasteiger partial charge >= 0.3 is 6.61 Å². The monoisotopic (exact) mass is 714 g/mol. The van der Waals surface area contributed by atoms with E-state index in [-0.39, 0.29) is 34.0 Å². The van der Waals surface area contributed by atoms with Crippen molar-refractivity contribution in [1.82, 2.24) is 9.78 Å². The molecule has 2 heterocycles. The van der Waals surface area contributed by atoms with Crippen LogP contribution in [0.5, 0.6) is 5.88 Å². The number of rotatable bonds is 10. The summed E-state index contributed by atoms with van der Waals surface area (Å²) >= 11 is 0. The normalized spacial score (nSPS) is 14.2. The van der Waals surface area contributed by atoms with E-state index in [1.54, 1.807) is 23.7 Å². The second kappa shape index (κ2) is 12.8. The van der Waals surface area contributed by atoms with Crippen molar-refractivity contribution in [2.24, 2.45) is 0 Å². The molecule has 0 unspecified atom stereocenters. The Morgan fingerprint density at radius 3 is 1.74 bits per heavy atom. The quantitative estimate of drug-likeness (QED) is 0.140. The van der Waals surface area contributed by atoms with Gasteiger partial charge in [-0.25, -0.2) is 21.5 Å². The molecular weight excluding hydrogens is 683 g/mol. The van der Waals surface area contributed by atoms with Gasteiger partial charge in [0.15, 0.2) is 19.7 Å².